The van der Waals surface area contributed by atoms with E-state index in [9.17, 15) is 31.1 Å². The number of carbonyl (C=O) groups is 1. The molecule has 4 rings (SSSR count). The largest absolute Gasteiger partial charge is 0.487 e. The van der Waals surface area contributed by atoms with E-state index in [1.165, 1.54) is 6.20 Å². The second-order valence-corrected chi connectivity index (χ2v) is 9.06. The topological polar surface area (TPSA) is 75.0 Å². The van der Waals surface area contributed by atoms with Crippen molar-refractivity contribution < 1.29 is 35.9 Å². The molecular formula is C30H21F6N3O2. The summed E-state index contributed by atoms with van der Waals surface area (Å²) in [5, 5.41) is 11.5. The minimum Gasteiger partial charge on any atom is -0.487 e. The molecule has 1 aromatic heterocycles. The summed E-state index contributed by atoms with van der Waals surface area (Å²) >= 11 is 0. The van der Waals surface area contributed by atoms with Gasteiger partial charge in [0.05, 0.1) is 34.0 Å². The number of benzene rings is 3. The van der Waals surface area contributed by atoms with Crippen molar-refractivity contribution >= 4 is 5.91 Å². The molecule has 0 saturated carbocycles. The molecule has 0 atom stereocenters. The minimum atomic E-state index is -5.00. The van der Waals surface area contributed by atoms with Gasteiger partial charge in [-0.25, -0.2) is 0 Å². The molecule has 0 aliphatic rings. The summed E-state index contributed by atoms with van der Waals surface area (Å²) in [5.74, 6) is -0.305. The van der Waals surface area contributed by atoms with Crippen LogP contribution in [0.1, 0.15) is 43.9 Å². The molecule has 0 fully saturated rings. The first-order valence-corrected chi connectivity index (χ1v) is 12.1. The van der Waals surface area contributed by atoms with E-state index in [4.69, 9.17) is 10.00 Å². The minimum absolute atomic E-state index is 0.000115. The number of amides is 1. The molecule has 4 aromatic rings. The molecule has 1 N–H and O–H groups in total. The Labute approximate surface area is 231 Å². The number of hydrogen-bond acceptors (Lipinski definition) is 4. The monoisotopic (exact) mass is 569 g/mol. The van der Waals surface area contributed by atoms with Gasteiger partial charge in [-0.3, -0.25) is 9.78 Å². The Hall–Kier alpha value is -4.85. The molecule has 1 heterocycles. The van der Waals surface area contributed by atoms with E-state index in [2.05, 4.69) is 10.3 Å². The van der Waals surface area contributed by atoms with Gasteiger partial charge in [0.1, 0.15) is 12.4 Å². The molecule has 0 unspecified atom stereocenters. The van der Waals surface area contributed by atoms with Crippen molar-refractivity contribution in [2.75, 3.05) is 0 Å². The van der Waals surface area contributed by atoms with Crippen LogP contribution in [0.4, 0.5) is 26.3 Å². The van der Waals surface area contributed by atoms with Crippen molar-refractivity contribution in [2.24, 2.45) is 0 Å². The maximum absolute atomic E-state index is 13.2. The molecule has 0 aliphatic heterocycles. The number of nitrogens with zero attached hydrogens (tertiary/aromatic N) is 2. The first-order valence-electron chi connectivity index (χ1n) is 12.1. The Morgan fingerprint density at radius 2 is 1.59 bits per heavy atom. The van der Waals surface area contributed by atoms with Gasteiger partial charge < -0.3 is 10.1 Å². The lowest BCUT2D eigenvalue weighted by Crippen LogP contribution is -2.24. The second kappa shape index (κ2) is 11.7. The number of nitrogens with one attached hydrogen (secondary N) is 1. The van der Waals surface area contributed by atoms with Gasteiger partial charge in [0, 0.05) is 12.7 Å². The van der Waals surface area contributed by atoms with Gasteiger partial charge in [0.2, 0.25) is 0 Å². The van der Waals surface area contributed by atoms with Gasteiger partial charge in [-0.2, -0.15) is 31.6 Å². The predicted molar refractivity (Wildman–Crippen MR) is 138 cm³/mol. The third-order valence-electron chi connectivity index (χ3n) is 6.09. The van der Waals surface area contributed by atoms with Gasteiger partial charge in [-0.15, -0.1) is 0 Å². The SMILES string of the molecule is Cc1ccccc1-c1cc(COc2cccc(C#N)c2)ncc1C(=O)NCc1cc(C(F)(F)F)cc(C(F)(F)F)c1. The van der Waals surface area contributed by atoms with Crippen LogP contribution in [0, 0.1) is 18.3 Å². The fraction of sp³-hybridized carbons (Fsp3) is 0.167. The molecule has 0 saturated heterocycles. The lowest BCUT2D eigenvalue weighted by atomic mass is 9.96. The molecule has 5 nitrogen and oxygen atoms in total. The number of alkyl halides is 6. The smallest absolute Gasteiger partial charge is 0.416 e. The molecule has 210 valence electrons. The highest BCUT2D eigenvalue weighted by Gasteiger charge is 2.36. The van der Waals surface area contributed by atoms with Gasteiger partial charge >= 0.3 is 12.4 Å². The number of halogens is 6. The van der Waals surface area contributed by atoms with Crippen molar-refractivity contribution in [1.82, 2.24) is 10.3 Å². The van der Waals surface area contributed by atoms with Crippen LogP contribution in [-0.4, -0.2) is 10.9 Å². The number of rotatable bonds is 7. The average Bonchev–Trinajstić information content (AvgIpc) is 2.94. The normalized spacial score (nSPS) is 11.6. The van der Waals surface area contributed by atoms with Gasteiger partial charge in [0.25, 0.3) is 5.91 Å². The number of nitriles is 1. The van der Waals surface area contributed by atoms with Gasteiger partial charge in [-0.1, -0.05) is 30.3 Å². The lowest BCUT2D eigenvalue weighted by molar-refractivity contribution is -0.143. The highest BCUT2D eigenvalue weighted by Crippen LogP contribution is 2.36. The number of aromatic nitrogens is 1. The average molecular weight is 570 g/mol. The Kier molecular flexibility index (Phi) is 8.33. The number of ether oxygens (including phenoxy) is 1. The molecule has 0 radical (unpaired) electrons. The third kappa shape index (κ3) is 7.22. The number of carbonyl (C=O) groups excluding carboxylic acids is 1. The summed E-state index contributed by atoms with van der Waals surface area (Å²) in [4.78, 5) is 17.5. The van der Waals surface area contributed by atoms with Crippen LogP contribution in [0.2, 0.25) is 0 Å². The maximum atomic E-state index is 13.2. The maximum Gasteiger partial charge on any atom is 0.416 e. The lowest BCUT2D eigenvalue weighted by Gasteiger charge is -2.16. The van der Waals surface area contributed by atoms with Crippen molar-refractivity contribution in [1.29, 1.82) is 5.26 Å². The van der Waals surface area contributed by atoms with E-state index in [0.717, 1.165) is 5.56 Å². The van der Waals surface area contributed by atoms with Crippen LogP contribution in [0.25, 0.3) is 11.1 Å². The van der Waals surface area contributed by atoms with Gasteiger partial charge in [0.15, 0.2) is 0 Å². The van der Waals surface area contributed by atoms with E-state index in [1.54, 1.807) is 48.5 Å². The summed E-state index contributed by atoms with van der Waals surface area (Å²) in [6, 6.07) is 18.5. The molecule has 0 spiro atoms. The summed E-state index contributed by atoms with van der Waals surface area (Å²) in [7, 11) is 0. The first-order chi connectivity index (χ1) is 19.3. The van der Waals surface area contributed by atoms with E-state index >= 15 is 0 Å². The summed E-state index contributed by atoms with van der Waals surface area (Å²) in [6.45, 7) is 1.24. The zero-order valence-corrected chi connectivity index (χ0v) is 21.4. The molecule has 1 amide bonds. The Balaban J connectivity index is 1.62. The zero-order chi connectivity index (χ0) is 29.8. The highest BCUT2D eigenvalue weighted by atomic mass is 19.4. The van der Waals surface area contributed by atoms with Crippen LogP contribution < -0.4 is 10.1 Å². The molecule has 3 aromatic carbocycles. The highest BCUT2D eigenvalue weighted by molar-refractivity contribution is 6.01. The standard InChI is InChI=1S/C30H21F6N3O2/c1-18-5-2-3-8-25(18)26-13-23(17-41-24-7-4-6-19(11-24)14-37)38-16-27(26)28(40)39-15-20-9-21(29(31,32)33)12-22(10-20)30(34,35)36/h2-13,16H,15,17H2,1H3,(H,39,40). The van der Waals surface area contributed by atoms with E-state index in [1.807, 2.05) is 19.1 Å². The molecule has 41 heavy (non-hydrogen) atoms. The molecular weight excluding hydrogens is 548 g/mol. The van der Waals surface area contributed by atoms with Crippen molar-refractivity contribution in [3.8, 4) is 22.9 Å². The second-order valence-electron chi connectivity index (χ2n) is 9.06. The van der Waals surface area contributed by atoms with Crippen LogP contribution >= 0.6 is 0 Å². The number of pyridine rings is 1. The zero-order valence-electron chi connectivity index (χ0n) is 21.4. The van der Waals surface area contributed by atoms with Gasteiger partial charge in [-0.05, 0) is 71.6 Å². The fourth-order valence-electron chi connectivity index (χ4n) is 4.07. The third-order valence-corrected chi connectivity index (χ3v) is 6.09. The number of hydrogen-bond donors (Lipinski definition) is 1. The fourth-order valence-corrected chi connectivity index (χ4v) is 4.07. The predicted octanol–water partition coefficient (Wildman–Crippen LogP) is 7.48. The van der Waals surface area contributed by atoms with Crippen LogP contribution in [0.15, 0.2) is 79.0 Å². The Morgan fingerprint density at radius 1 is 0.902 bits per heavy atom. The summed E-state index contributed by atoms with van der Waals surface area (Å²) in [5.41, 5.74) is -0.457. The quantitative estimate of drug-likeness (QED) is 0.234. The summed E-state index contributed by atoms with van der Waals surface area (Å²) < 4.78 is 85.2. The first kappa shape index (κ1) is 29.1. The Morgan fingerprint density at radius 3 is 2.22 bits per heavy atom. The van der Waals surface area contributed by atoms with Crippen molar-refractivity contribution in [3.63, 3.8) is 0 Å². The van der Waals surface area contributed by atoms with E-state index in [-0.39, 0.29) is 23.8 Å². The molecule has 0 bridgehead atoms. The van der Waals surface area contributed by atoms with E-state index < -0.39 is 35.9 Å². The molecule has 11 heteroatoms. The Bertz CT molecular complexity index is 1590. The molecule has 0 aliphatic carbocycles. The number of aryl methyl sites for hydroxylation is 1. The van der Waals surface area contributed by atoms with Crippen LogP contribution in [0.5, 0.6) is 5.75 Å². The van der Waals surface area contributed by atoms with E-state index in [0.29, 0.717) is 40.3 Å². The van der Waals surface area contributed by atoms with Crippen molar-refractivity contribution in [3.05, 3.63) is 118 Å². The van der Waals surface area contributed by atoms with Crippen LogP contribution in [0.3, 0.4) is 0 Å². The summed E-state index contributed by atoms with van der Waals surface area (Å²) in [6.07, 6.45) is -8.74. The van der Waals surface area contributed by atoms with Crippen LogP contribution in [-0.2, 0) is 25.5 Å². The van der Waals surface area contributed by atoms with Crippen molar-refractivity contribution in [2.45, 2.75) is 32.4 Å².